The minimum Gasteiger partial charge on any atom is -0.477 e. The van der Waals surface area contributed by atoms with Crippen molar-refractivity contribution >= 4 is 17.9 Å². The van der Waals surface area contributed by atoms with E-state index in [0.717, 1.165) is 116 Å². The van der Waals surface area contributed by atoms with E-state index in [4.69, 9.17) is 18.9 Å². The first-order valence-corrected chi connectivity index (χ1v) is 32.1. The maximum atomic E-state index is 12.9. The number of allylic oxidation sites excluding steroid dienone is 18. The van der Waals surface area contributed by atoms with Crippen LogP contribution in [0.4, 0.5) is 0 Å². The van der Waals surface area contributed by atoms with Gasteiger partial charge in [0.25, 0.3) is 6.29 Å². The van der Waals surface area contributed by atoms with Crippen LogP contribution in [0.1, 0.15) is 258 Å². The summed E-state index contributed by atoms with van der Waals surface area (Å²) < 4.78 is 22.9. The van der Waals surface area contributed by atoms with Crippen LogP contribution in [0.2, 0.25) is 0 Å². The third-order valence-electron chi connectivity index (χ3n) is 13.5. The number of carbonyl (C=O) groups excluding carboxylic acids is 2. The number of nitrogens with zero attached hydrogens (tertiary/aromatic N) is 1. The molecule has 0 aliphatic rings. The van der Waals surface area contributed by atoms with Crippen molar-refractivity contribution in [3.63, 3.8) is 0 Å². The van der Waals surface area contributed by atoms with Crippen LogP contribution >= 0.6 is 0 Å². The minimum atomic E-state index is -1.52. The van der Waals surface area contributed by atoms with E-state index in [0.29, 0.717) is 11.0 Å². The van der Waals surface area contributed by atoms with Gasteiger partial charge in [0, 0.05) is 12.8 Å². The Balaban J connectivity index is 3.99. The summed E-state index contributed by atoms with van der Waals surface area (Å²) in [6.45, 7) is 4.68. The van der Waals surface area contributed by atoms with Crippen LogP contribution < -0.4 is 0 Å². The number of likely N-dealkylation sites (N-methyl/N-ethyl adjacent to an activating group) is 1. The maximum absolute atomic E-state index is 12.9. The molecule has 0 fully saturated rings. The fraction of sp³-hybridized carbons (Fsp3) is 0.700. The lowest BCUT2D eigenvalue weighted by Gasteiger charge is -2.25. The van der Waals surface area contributed by atoms with Crippen molar-refractivity contribution in [1.29, 1.82) is 0 Å². The highest BCUT2D eigenvalue weighted by Gasteiger charge is 2.25. The SMILES string of the molecule is CC/C=C\C/C=C\C/C=C\C/C=C\C/C=C\C/C=C\C/C=C\CCCCCCCCCCCCCCCCCCCCCC(=O)OC(COC(=O)CCCCCCC/C=C\C/C=C\CCC)COC(OCC[N+](C)(C)C)C(=O)O. The number of ether oxygens (including phenoxy) is 4. The molecule has 0 rings (SSSR count). The van der Waals surface area contributed by atoms with Crippen LogP contribution in [0.5, 0.6) is 0 Å². The van der Waals surface area contributed by atoms with Gasteiger partial charge in [0.05, 0.1) is 34.4 Å². The van der Waals surface area contributed by atoms with Crippen LogP contribution in [0.15, 0.2) is 109 Å². The van der Waals surface area contributed by atoms with Gasteiger partial charge in [-0.1, -0.05) is 258 Å². The second kappa shape index (κ2) is 60.1. The Labute approximate surface area is 485 Å². The van der Waals surface area contributed by atoms with Gasteiger partial charge in [-0.15, -0.1) is 0 Å². The van der Waals surface area contributed by atoms with Crippen LogP contribution in [-0.2, 0) is 33.3 Å². The quantitative estimate of drug-likeness (QED) is 0.0211. The number of hydrogen-bond donors (Lipinski definition) is 1. The van der Waals surface area contributed by atoms with Gasteiger partial charge in [-0.05, 0) is 96.3 Å². The summed E-state index contributed by atoms with van der Waals surface area (Å²) >= 11 is 0. The molecule has 0 saturated heterocycles. The van der Waals surface area contributed by atoms with Crippen LogP contribution in [0, 0.1) is 0 Å². The number of unbranched alkanes of at least 4 members (excludes halogenated alkanes) is 25. The minimum absolute atomic E-state index is 0.183. The maximum Gasteiger partial charge on any atom is 0.361 e. The molecule has 0 aliphatic heterocycles. The summed E-state index contributed by atoms with van der Waals surface area (Å²) in [5.41, 5.74) is 0. The highest BCUT2D eigenvalue weighted by Crippen LogP contribution is 2.17. The number of esters is 2. The lowest BCUT2D eigenvalue weighted by Crippen LogP contribution is -2.40. The molecule has 0 radical (unpaired) electrons. The number of aliphatic carboxylic acids is 1. The van der Waals surface area contributed by atoms with Gasteiger partial charge in [0.1, 0.15) is 13.2 Å². The zero-order chi connectivity index (χ0) is 57.6. The van der Waals surface area contributed by atoms with E-state index in [-0.39, 0.29) is 38.6 Å². The monoisotopic (exact) mass is 1100 g/mol. The van der Waals surface area contributed by atoms with Gasteiger partial charge in [-0.25, -0.2) is 4.79 Å². The molecule has 2 unspecified atom stereocenters. The Kier molecular flexibility index (Phi) is 57.0. The fourth-order valence-electron chi connectivity index (χ4n) is 8.62. The van der Waals surface area contributed by atoms with E-state index in [2.05, 4.69) is 123 Å². The number of carbonyl (C=O) groups is 3. The van der Waals surface area contributed by atoms with Crippen LogP contribution in [0.3, 0.4) is 0 Å². The number of carboxylic acid groups (broad SMARTS) is 1. The molecular formula is C70H120NO8+. The standard InChI is InChI=1S/C70H119NO8/c1-6-8-10-12-14-16-18-20-21-22-23-24-25-26-27-28-29-30-31-32-33-34-35-36-37-38-39-40-41-42-43-44-45-46-47-49-51-53-55-57-59-61-68(73)79-66(65-78-70(69(74)75)76-63-62-71(3,4)5)64-77-67(72)60-58-56-54-52-50-48-19-17-15-13-11-9-7-2/h8,10-11,13-14,16-17,19-21,23-24,26-27,29-30,32-33,66,70H,6-7,9,12,15,18,22,25,28,31,34-65H2,1-5H3/p+1/b10-8-,13-11-,16-14-,19-17-,21-20-,24-23-,27-26-,30-29-,33-32-. The summed E-state index contributed by atoms with van der Waals surface area (Å²) in [6.07, 6.45) is 80.6. The second-order valence-electron chi connectivity index (χ2n) is 22.3. The van der Waals surface area contributed by atoms with Gasteiger partial charge in [0.2, 0.25) is 0 Å². The largest absolute Gasteiger partial charge is 0.477 e. The third-order valence-corrected chi connectivity index (χ3v) is 13.5. The Morgan fingerprint density at radius 1 is 0.392 bits per heavy atom. The van der Waals surface area contributed by atoms with Crippen molar-refractivity contribution in [2.75, 3.05) is 47.5 Å². The molecule has 0 aromatic rings. The molecule has 0 bridgehead atoms. The highest BCUT2D eigenvalue weighted by atomic mass is 16.7. The van der Waals surface area contributed by atoms with E-state index in [1.807, 2.05) is 21.1 Å². The fourth-order valence-corrected chi connectivity index (χ4v) is 8.62. The zero-order valence-electron chi connectivity index (χ0n) is 51.5. The topological polar surface area (TPSA) is 108 Å². The van der Waals surface area contributed by atoms with E-state index >= 15 is 0 Å². The first-order chi connectivity index (χ1) is 38.6. The number of hydrogen-bond acceptors (Lipinski definition) is 7. The van der Waals surface area contributed by atoms with Crippen molar-refractivity contribution in [3.8, 4) is 0 Å². The Morgan fingerprint density at radius 3 is 1.08 bits per heavy atom. The molecule has 0 saturated carbocycles. The van der Waals surface area contributed by atoms with E-state index in [1.165, 1.54) is 116 Å². The molecular weight excluding hydrogens is 983 g/mol. The molecule has 0 spiro atoms. The van der Waals surface area contributed by atoms with Gasteiger partial charge < -0.3 is 28.5 Å². The van der Waals surface area contributed by atoms with E-state index in [1.54, 1.807) is 0 Å². The van der Waals surface area contributed by atoms with Crippen molar-refractivity contribution in [1.82, 2.24) is 0 Å². The molecule has 9 heteroatoms. The van der Waals surface area contributed by atoms with Gasteiger partial charge >= 0.3 is 17.9 Å². The summed E-state index contributed by atoms with van der Waals surface area (Å²) in [4.78, 5) is 37.4. The Bertz CT molecular complexity index is 1660. The number of carboxylic acids is 1. The molecule has 452 valence electrons. The predicted molar refractivity (Wildman–Crippen MR) is 336 cm³/mol. The van der Waals surface area contributed by atoms with Gasteiger partial charge in [-0.2, -0.15) is 0 Å². The van der Waals surface area contributed by atoms with Gasteiger partial charge in [-0.3, -0.25) is 9.59 Å². The average molecular weight is 1100 g/mol. The first kappa shape index (κ1) is 75.0. The van der Waals surface area contributed by atoms with Gasteiger partial charge in [0.15, 0.2) is 6.10 Å². The predicted octanol–water partition coefficient (Wildman–Crippen LogP) is 19.5. The molecule has 79 heavy (non-hydrogen) atoms. The third kappa shape index (κ3) is 61.4. The summed E-state index contributed by atoms with van der Waals surface area (Å²) in [7, 11) is 5.96. The molecule has 9 nitrogen and oxygen atoms in total. The van der Waals surface area contributed by atoms with Crippen LogP contribution in [-0.4, -0.2) is 87.4 Å². The Morgan fingerprint density at radius 2 is 0.722 bits per heavy atom. The molecule has 0 aromatic heterocycles. The summed E-state index contributed by atoms with van der Waals surface area (Å²) in [5.74, 6) is -2.02. The molecule has 1 N–H and O–H groups in total. The molecule has 0 aromatic carbocycles. The lowest BCUT2D eigenvalue weighted by atomic mass is 10.0. The van der Waals surface area contributed by atoms with Crippen LogP contribution in [0.25, 0.3) is 0 Å². The normalized spacial score (nSPS) is 13.5. The first-order valence-electron chi connectivity index (χ1n) is 32.1. The van der Waals surface area contributed by atoms with Crippen molar-refractivity contribution in [2.24, 2.45) is 0 Å². The highest BCUT2D eigenvalue weighted by molar-refractivity contribution is 5.71. The Hall–Kier alpha value is -4.05. The number of rotatable bonds is 58. The molecule has 0 heterocycles. The number of quaternary nitrogens is 1. The van der Waals surface area contributed by atoms with E-state index < -0.39 is 24.3 Å². The average Bonchev–Trinajstić information content (AvgIpc) is 3.42. The zero-order valence-corrected chi connectivity index (χ0v) is 51.5. The molecule has 0 amide bonds. The summed E-state index contributed by atoms with van der Waals surface area (Å²) in [6, 6.07) is 0. The molecule has 0 aliphatic carbocycles. The lowest BCUT2D eigenvalue weighted by molar-refractivity contribution is -0.870. The second-order valence-corrected chi connectivity index (χ2v) is 22.3. The van der Waals surface area contributed by atoms with Crippen molar-refractivity contribution in [3.05, 3.63) is 109 Å². The smallest absolute Gasteiger partial charge is 0.361 e. The summed E-state index contributed by atoms with van der Waals surface area (Å²) in [5, 5.41) is 9.70. The van der Waals surface area contributed by atoms with Crippen molar-refractivity contribution < 1.29 is 42.9 Å². The molecule has 2 atom stereocenters. The van der Waals surface area contributed by atoms with Crippen molar-refractivity contribution in [2.45, 2.75) is 270 Å². The van der Waals surface area contributed by atoms with E-state index in [9.17, 15) is 19.5 Å².